The SMILES string of the molecule is CCCCC/C=C\C/C=C\C/C=C\C/C=C\CCCC(=O)OC(CCCCCCCCC/C=C/CCCCCCCC)CC(=O)NC(CO)C(O)CCCCCCCCCCCCCCC. The number of nitrogens with one attached hydrogen (secondary N) is 1. The standard InChI is InChI=1S/C60H109NO5/c1-4-7-10-13-16-19-22-25-27-29-31-34-36-39-42-45-48-51-56(66-60(65)53-50-47-44-41-38-35-32-30-28-26-23-20-17-14-11-8-5-2)54-59(64)61-57(55-62)58(63)52-49-46-43-40-37-33-24-21-18-15-12-9-6-3/h17,20,25-28,32,35,41,44,56-58,62-63H,4-16,18-19,21-24,29-31,33-34,36-40,42-43,45-55H2,1-3H3,(H,61,64)/b20-17-,27-25+,28-26-,35-32-,44-41-. The normalized spacial score (nSPS) is 13.6. The average Bonchev–Trinajstić information content (AvgIpc) is 3.31. The molecule has 3 unspecified atom stereocenters. The molecule has 0 radical (unpaired) electrons. The third kappa shape index (κ3) is 48.0. The first-order chi connectivity index (χ1) is 32.5. The highest BCUT2D eigenvalue weighted by molar-refractivity contribution is 5.77. The second-order valence-electron chi connectivity index (χ2n) is 19.3. The summed E-state index contributed by atoms with van der Waals surface area (Å²) in [5.41, 5.74) is 0. The Hall–Kier alpha value is -2.44. The van der Waals surface area contributed by atoms with E-state index in [1.807, 2.05) is 0 Å². The molecule has 0 fully saturated rings. The maximum absolute atomic E-state index is 13.3. The van der Waals surface area contributed by atoms with Crippen LogP contribution >= 0.6 is 0 Å². The lowest BCUT2D eigenvalue weighted by Crippen LogP contribution is -2.46. The van der Waals surface area contributed by atoms with Gasteiger partial charge in [-0.25, -0.2) is 0 Å². The molecule has 3 N–H and O–H groups in total. The van der Waals surface area contributed by atoms with Crippen LogP contribution in [0.3, 0.4) is 0 Å². The molecular weight excluding hydrogens is 815 g/mol. The Labute approximate surface area is 409 Å². The van der Waals surface area contributed by atoms with Crippen molar-refractivity contribution < 1.29 is 24.5 Å². The molecule has 0 aliphatic carbocycles. The van der Waals surface area contributed by atoms with Crippen molar-refractivity contribution in [3.8, 4) is 0 Å². The Bertz CT molecular complexity index is 1170. The zero-order valence-electron chi connectivity index (χ0n) is 43.8. The van der Waals surface area contributed by atoms with Crippen molar-refractivity contribution in [2.24, 2.45) is 0 Å². The van der Waals surface area contributed by atoms with E-state index in [1.54, 1.807) is 0 Å². The second-order valence-corrected chi connectivity index (χ2v) is 19.3. The van der Waals surface area contributed by atoms with E-state index in [-0.39, 0.29) is 24.9 Å². The van der Waals surface area contributed by atoms with Crippen LogP contribution in [0.5, 0.6) is 0 Å². The fourth-order valence-corrected chi connectivity index (χ4v) is 8.48. The molecule has 0 aromatic carbocycles. The van der Waals surface area contributed by atoms with Crippen LogP contribution in [-0.4, -0.2) is 46.9 Å². The highest BCUT2D eigenvalue weighted by Crippen LogP contribution is 2.18. The highest BCUT2D eigenvalue weighted by atomic mass is 16.5. The number of amides is 1. The Morgan fingerprint density at radius 1 is 0.439 bits per heavy atom. The summed E-state index contributed by atoms with van der Waals surface area (Å²) in [6.45, 7) is 6.46. The highest BCUT2D eigenvalue weighted by Gasteiger charge is 2.24. The number of carbonyl (C=O) groups excluding carboxylic acids is 2. The van der Waals surface area contributed by atoms with Crippen molar-refractivity contribution in [1.82, 2.24) is 5.32 Å². The third-order valence-electron chi connectivity index (χ3n) is 12.8. The minimum Gasteiger partial charge on any atom is -0.462 e. The number of carbonyl (C=O) groups is 2. The predicted octanol–water partition coefficient (Wildman–Crippen LogP) is 17.6. The van der Waals surface area contributed by atoms with Crippen LogP contribution in [0.2, 0.25) is 0 Å². The summed E-state index contributed by atoms with van der Waals surface area (Å²) in [7, 11) is 0. The van der Waals surface area contributed by atoms with Gasteiger partial charge in [-0.3, -0.25) is 9.59 Å². The van der Waals surface area contributed by atoms with Crippen LogP contribution in [0, 0.1) is 0 Å². The molecule has 0 saturated heterocycles. The summed E-state index contributed by atoms with van der Waals surface area (Å²) < 4.78 is 5.93. The van der Waals surface area contributed by atoms with Gasteiger partial charge >= 0.3 is 5.97 Å². The molecule has 0 spiro atoms. The van der Waals surface area contributed by atoms with Gasteiger partial charge in [0.1, 0.15) is 6.10 Å². The van der Waals surface area contributed by atoms with Crippen LogP contribution in [0.25, 0.3) is 0 Å². The lowest BCUT2D eigenvalue weighted by atomic mass is 10.0. The van der Waals surface area contributed by atoms with E-state index in [0.717, 1.165) is 64.2 Å². The maximum atomic E-state index is 13.3. The summed E-state index contributed by atoms with van der Waals surface area (Å²) in [5, 5.41) is 23.8. The first-order valence-electron chi connectivity index (χ1n) is 28.5. The van der Waals surface area contributed by atoms with E-state index >= 15 is 0 Å². The number of hydrogen-bond acceptors (Lipinski definition) is 5. The molecule has 0 saturated carbocycles. The second kappa shape index (κ2) is 53.5. The van der Waals surface area contributed by atoms with Crippen molar-refractivity contribution in [1.29, 1.82) is 0 Å². The van der Waals surface area contributed by atoms with Crippen molar-refractivity contribution in [3.63, 3.8) is 0 Å². The molecular formula is C60H109NO5. The minimum atomic E-state index is -0.799. The van der Waals surface area contributed by atoms with Crippen LogP contribution in [-0.2, 0) is 14.3 Å². The molecule has 1 amide bonds. The van der Waals surface area contributed by atoms with Gasteiger partial charge in [0.05, 0.1) is 25.2 Å². The lowest BCUT2D eigenvalue weighted by molar-refractivity contribution is -0.151. The van der Waals surface area contributed by atoms with E-state index < -0.39 is 18.2 Å². The van der Waals surface area contributed by atoms with E-state index in [2.05, 4.69) is 86.8 Å². The minimum absolute atomic E-state index is 0.0528. The molecule has 0 aromatic heterocycles. The summed E-state index contributed by atoms with van der Waals surface area (Å²) in [4.78, 5) is 26.2. The first-order valence-corrected chi connectivity index (χ1v) is 28.5. The molecule has 0 bridgehead atoms. The summed E-state index contributed by atoms with van der Waals surface area (Å²) in [6.07, 6.45) is 67.1. The van der Waals surface area contributed by atoms with E-state index in [0.29, 0.717) is 25.7 Å². The molecule has 0 aliphatic rings. The zero-order chi connectivity index (χ0) is 48.1. The topological polar surface area (TPSA) is 95.9 Å². The monoisotopic (exact) mass is 924 g/mol. The number of aliphatic hydroxyl groups excluding tert-OH is 2. The quantitative estimate of drug-likeness (QED) is 0.0321. The molecule has 384 valence electrons. The summed E-state index contributed by atoms with van der Waals surface area (Å²) in [6, 6.07) is -0.715. The molecule has 6 nitrogen and oxygen atoms in total. The van der Waals surface area contributed by atoms with Gasteiger partial charge in [0.15, 0.2) is 0 Å². The number of rotatable bonds is 51. The molecule has 0 aliphatic heterocycles. The van der Waals surface area contributed by atoms with Crippen LogP contribution in [0.15, 0.2) is 60.8 Å². The molecule has 0 rings (SSSR count). The number of hydrogen-bond donors (Lipinski definition) is 3. The zero-order valence-corrected chi connectivity index (χ0v) is 43.8. The first kappa shape index (κ1) is 63.6. The number of ether oxygens (including phenoxy) is 1. The predicted molar refractivity (Wildman–Crippen MR) is 287 cm³/mol. The van der Waals surface area contributed by atoms with Gasteiger partial charge in [-0.05, 0) is 89.9 Å². The van der Waals surface area contributed by atoms with Gasteiger partial charge in [0, 0.05) is 6.42 Å². The van der Waals surface area contributed by atoms with Crippen molar-refractivity contribution >= 4 is 11.9 Å². The van der Waals surface area contributed by atoms with Gasteiger partial charge in [-0.2, -0.15) is 0 Å². The smallest absolute Gasteiger partial charge is 0.306 e. The molecule has 0 heterocycles. The van der Waals surface area contributed by atoms with E-state index in [9.17, 15) is 19.8 Å². The fraction of sp³-hybridized carbons (Fsp3) is 0.800. The molecule has 0 aromatic rings. The van der Waals surface area contributed by atoms with Gasteiger partial charge in [-0.1, -0.05) is 242 Å². The molecule has 3 atom stereocenters. The largest absolute Gasteiger partial charge is 0.462 e. The van der Waals surface area contributed by atoms with Gasteiger partial charge in [-0.15, -0.1) is 0 Å². The Balaban J connectivity index is 4.66. The van der Waals surface area contributed by atoms with Crippen LogP contribution < -0.4 is 5.32 Å². The maximum Gasteiger partial charge on any atom is 0.306 e. The van der Waals surface area contributed by atoms with E-state index in [4.69, 9.17) is 4.74 Å². The number of aliphatic hydroxyl groups is 2. The summed E-state index contributed by atoms with van der Waals surface area (Å²) >= 11 is 0. The summed E-state index contributed by atoms with van der Waals surface area (Å²) in [5.74, 6) is -0.538. The number of unbranched alkanes of at least 4 members (excludes halogenated alkanes) is 29. The van der Waals surface area contributed by atoms with Crippen molar-refractivity contribution in [2.45, 2.75) is 302 Å². The Morgan fingerprint density at radius 2 is 0.773 bits per heavy atom. The van der Waals surface area contributed by atoms with E-state index in [1.165, 1.54) is 167 Å². The van der Waals surface area contributed by atoms with Crippen LogP contribution in [0.1, 0.15) is 284 Å². The Kier molecular flexibility index (Phi) is 51.5. The average molecular weight is 925 g/mol. The fourth-order valence-electron chi connectivity index (χ4n) is 8.48. The lowest BCUT2D eigenvalue weighted by Gasteiger charge is -2.24. The van der Waals surface area contributed by atoms with Gasteiger partial charge in [0.25, 0.3) is 0 Å². The number of esters is 1. The van der Waals surface area contributed by atoms with Gasteiger partial charge in [0.2, 0.25) is 5.91 Å². The van der Waals surface area contributed by atoms with Crippen molar-refractivity contribution in [3.05, 3.63) is 60.8 Å². The Morgan fingerprint density at radius 3 is 1.21 bits per heavy atom. The molecule has 66 heavy (non-hydrogen) atoms. The third-order valence-corrected chi connectivity index (χ3v) is 12.8. The number of allylic oxidation sites excluding steroid dienone is 10. The molecule has 6 heteroatoms. The van der Waals surface area contributed by atoms with Gasteiger partial charge < -0.3 is 20.3 Å². The van der Waals surface area contributed by atoms with Crippen molar-refractivity contribution in [2.75, 3.05) is 6.61 Å². The van der Waals surface area contributed by atoms with Crippen LogP contribution in [0.4, 0.5) is 0 Å².